The summed E-state index contributed by atoms with van der Waals surface area (Å²) >= 11 is 0. The lowest BCUT2D eigenvalue weighted by Gasteiger charge is -2.31. The van der Waals surface area contributed by atoms with E-state index in [1.807, 2.05) is 0 Å². The molecular weight excluding hydrogens is 449 g/mol. The minimum absolute atomic E-state index is 0.0302. The molecule has 4 rings (SSSR count). The molecule has 0 aliphatic carbocycles. The highest BCUT2D eigenvalue weighted by molar-refractivity contribution is 5.93. The molecule has 2 aliphatic rings. The first-order chi connectivity index (χ1) is 16.2. The van der Waals surface area contributed by atoms with Gasteiger partial charge in [0.15, 0.2) is 6.10 Å². The number of anilines is 1. The number of nitrogens with two attached hydrogens (primary N) is 1. The number of nitrogens with one attached hydrogen (secondary N) is 1. The van der Waals surface area contributed by atoms with Crippen LogP contribution in [0.5, 0.6) is 0 Å². The summed E-state index contributed by atoms with van der Waals surface area (Å²) < 4.78 is 28.1. The quantitative estimate of drug-likeness (QED) is 0.648. The Morgan fingerprint density at radius 3 is 2.68 bits per heavy atom. The number of primary amides is 1. The Labute approximate surface area is 194 Å². The van der Waals surface area contributed by atoms with Crippen LogP contribution in [0.3, 0.4) is 0 Å². The molecule has 11 nitrogen and oxygen atoms in total. The van der Waals surface area contributed by atoms with Crippen LogP contribution in [0.15, 0.2) is 21.7 Å². The summed E-state index contributed by atoms with van der Waals surface area (Å²) in [6.07, 6.45) is -0.212. The zero-order chi connectivity index (χ0) is 24.6. The first-order valence-electron chi connectivity index (χ1n) is 11.2. The fourth-order valence-electron chi connectivity index (χ4n) is 4.34. The Morgan fingerprint density at radius 1 is 1.26 bits per heavy atom. The Hall–Kier alpha value is -3.25. The van der Waals surface area contributed by atoms with Gasteiger partial charge in [-0.1, -0.05) is 0 Å². The molecule has 0 radical (unpaired) electrons. The maximum Gasteiger partial charge on any atom is 0.331 e. The normalized spacial score (nSPS) is 20.8. The lowest BCUT2D eigenvalue weighted by molar-refractivity contribution is -0.133. The van der Waals surface area contributed by atoms with E-state index in [-0.39, 0.29) is 54.8 Å². The molecule has 1 aromatic carbocycles. The monoisotopic (exact) mass is 477 g/mol. The molecule has 2 atom stereocenters. The van der Waals surface area contributed by atoms with Crippen molar-refractivity contribution >= 4 is 28.5 Å². The van der Waals surface area contributed by atoms with Crippen molar-refractivity contribution in [2.24, 2.45) is 11.7 Å². The number of carbonyl (C=O) groups is 2. The highest BCUT2D eigenvalue weighted by Gasteiger charge is 2.29. The molecule has 0 saturated carbocycles. The third-order valence-corrected chi connectivity index (χ3v) is 6.15. The summed E-state index contributed by atoms with van der Waals surface area (Å²) in [7, 11) is 0. The van der Waals surface area contributed by atoms with Crippen LogP contribution in [0.4, 0.5) is 14.9 Å². The van der Waals surface area contributed by atoms with Gasteiger partial charge in [0.1, 0.15) is 5.82 Å². The van der Waals surface area contributed by atoms with Gasteiger partial charge in [-0.25, -0.2) is 14.0 Å². The van der Waals surface area contributed by atoms with Gasteiger partial charge < -0.3 is 25.4 Å². The van der Waals surface area contributed by atoms with Crippen LogP contribution in [-0.2, 0) is 20.8 Å². The lowest BCUT2D eigenvalue weighted by atomic mass is 10.1. The molecule has 0 bridgehead atoms. The van der Waals surface area contributed by atoms with Gasteiger partial charge in [-0.3, -0.25) is 18.7 Å². The van der Waals surface area contributed by atoms with E-state index in [0.29, 0.717) is 13.2 Å². The predicted molar refractivity (Wildman–Crippen MR) is 121 cm³/mol. The number of morpholine rings is 1. The summed E-state index contributed by atoms with van der Waals surface area (Å²) in [4.78, 5) is 51.8. The Balaban J connectivity index is 1.72. The lowest BCUT2D eigenvalue weighted by Crippen LogP contribution is -2.51. The zero-order valence-electron chi connectivity index (χ0n) is 19.1. The first kappa shape index (κ1) is 23.9. The van der Waals surface area contributed by atoms with Gasteiger partial charge in [-0.2, -0.15) is 0 Å². The molecule has 3 N–H and O–H groups in total. The van der Waals surface area contributed by atoms with E-state index in [1.54, 1.807) is 13.8 Å². The number of rotatable bonds is 5. The van der Waals surface area contributed by atoms with Crippen molar-refractivity contribution in [3.63, 3.8) is 0 Å². The van der Waals surface area contributed by atoms with Crippen LogP contribution in [0.25, 0.3) is 10.9 Å². The van der Waals surface area contributed by atoms with Gasteiger partial charge in [0.05, 0.1) is 36.3 Å². The van der Waals surface area contributed by atoms with E-state index in [0.717, 1.165) is 17.1 Å². The second-order valence-corrected chi connectivity index (χ2v) is 8.88. The van der Waals surface area contributed by atoms with Crippen molar-refractivity contribution in [1.82, 2.24) is 14.0 Å². The summed E-state index contributed by atoms with van der Waals surface area (Å²) in [6.45, 7) is 5.00. The third-order valence-electron chi connectivity index (χ3n) is 6.15. The number of halogens is 1. The molecule has 2 fully saturated rings. The van der Waals surface area contributed by atoms with Crippen LogP contribution in [-0.4, -0.2) is 65.0 Å². The minimum Gasteiger partial charge on any atom is -0.381 e. The van der Waals surface area contributed by atoms with Crippen LogP contribution in [0, 0.1) is 11.7 Å². The molecule has 12 heteroatoms. The van der Waals surface area contributed by atoms with E-state index in [2.05, 4.69) is 5.32 Å². The number of benzene rings is 1. The summed E-state index contributed by atoms with van der Waals surface area (Å²) in [6, 6.07) is 1.34. The van der Waals surface area contributed by atoms with Crippen LogP contribution >= 0.6 is 0 Å². The Morgan fingerprint density at radius 2 is 2.03 bits per heavy atom. The van der Waals surface area contributed by atoms with Crippen LogP contribution < -0.4 is 22.3 Å². The van der Waals surface area contributed by atoms with Gasteiger partial charge in [-0.05, 0) is 26.3 Å². The highest BCUT2D eigenvalue weighted by Crippen LogP contribution is 2.23. The molecule has 1 aromatic heterocycles. The van der Waals surface area contributed by atoms with Crippen molar-refractivity contribution in [3.05, 3.63) is 38.8 Å². The smallest absolute Gasteiger partial charge is 0.331 e. The van der Waals surface area contributed by atoms with Gasteiger partial charge in [0, 0.05) is 37.7 Å². The molecule has 2 unspecified atom stereocenters. The number of hydrogen-bond donors (Lipinski definition) is 2. The average molecular weight is 477 g/mol. The van der Waals surface area contributed by atoms with Gasteiger partial charge in [0.2, 0.25) is 5.91 Å². The SMILES string of the molecule is CC(C)n1c(=O)n(CC2CCOC2)c(=O)c2cc(NC(=O)N3CCOC(C(N)=O)C3)c(F)cc21. The predicted octanol–water partition coefficient (Wildman–Crippen LogP) is 0.638. The molecule has 3 amide bonds. The fraction of sp³-hybridized carbons (Fsp3) is 0.545. The standard InChI is InChI=1S/C22H28FN5O6/c1-12(2)28-17-8-15(23)16(25-21(31)26-4-6-34-18(10-26)19(24)29)7-14(17)20(30)27(22(28)32)9-13-3-5-33-11-13/h7-8,12-13,18H,3-6,9-11H2,1-2H3,(H2,24,29)(H,25,31). The molecular formula is C22H28FN5O6. The molecule has 2 saturated heterocycles. The van der Waals surface area contributed by atoms with Crippen molar-refractivity contribution < 1.29 is 23.5 Å². The minimum atomic E-state index is -0.951. The number of nitrogens with zero attached hydrogens (tertiary/aromatic N) is 3. The van der Waals surface area contributed by atoms with Crippen molar-refractivity contribution in [2.75, 3.05) is 38.2 Å². The topological polar surface area (TPSA) is 138 Å². The van der Waals surface area contributed by atoms with Gasteiger partial charge in [0.25, 0.3) is 5.56 Å². The Bertz CT molecular complexity index is 1230. The number of fused-ring (bicyclic) bond motifs is 1. The zero-order valence-corrected chi connectivity index (χ0v) is 19.1. The largest absolute Gasteiger partial charge is 0.381 e. The number of aromatic nitrogens is 2. The summed E-state index contributed by atoms with van der Waals surface area (Å²) in [5, 5.41) is 2.58. The number of hydrogen-bond acceptors (Lipinski definition) is 6. The summed E-state index contributed by atoms with van der Waals surface area (Å²) in [5.41, 5.74) is 4.13. The molecule has 3 heterocycles. The number of amides is 3. The second kappa shape index (κ2) is 9.55. The van der Waals surface area contributed by atoms with E-state index >= 15 is 4.39 Å². The fourth-order valence-corrected chi connectivity index (χ4v) is 4.34. The molecule has 2 aliphatic heterocycles. The van der Waals surface area contributed by atoms with E-state index in [4.69, 9.17) is 15.2 Å². The molecule has 184 valence electrons. The number of urea groups is 1. The van der Waals surface area contributed by atoms with Gasteiger partial charge in [-0.15, -0.1) is 0 Å². The Kier molecular flexibility index (Phi) is 6.71. The van der Waals surface area contributed by atoms with E-state index in [9.17, 15) is 19.2 Å². The summed E-state index contributed by atoms with van der Waals surface area (Å²) in [5.74, 6) is -1.47. The van der Waals surface area contributed by atoms with E-state index in [1.165, 1.54) is 15.5 Å². The average Bonchev–Trinajstić information content (AvgIpc) is 3.31. The maximum absolute atomic E-state index is 15.0. The number of ether oxygens (including phenoxy) is 2. The van der Waals surface area contributed by atoms with Crippen LogP contribution in [0.2, 0.25) is 0 Å². The highest BCUT2D eigenvalue weighted by atomic mass is 19.1. The van der Waals surface area contributed by atoms with Crippen molar-refractivity contribution in [2.45, 2.75) is 39.0 Å². The number of carbonyl (C=O) groups excluding carboxylic acids is 2. The first-order valence-corrected chi connectivity index (χ1v) is 11.2. The van der Waals surface area contributed by atoms with Crippen LogP contribution in [0.1, 0.15) is 26.3 Å². The molecule has 0 spiro atoms. The third kappa shape index (κ3) is 4.55. The van der Waals surface area contributed by atoms with Gasteiger partial charge >= 0.3 is 11.7 Å². The van der Waals surface area contributed by atoms with Crippen molar-refractivity contribution in [3.8, 4) is 0 Å². The maximum atomic E-state index is 15.0. The molecule has 2 aromatic rings. The van der Waals surface area contributed by atoms with E-state index < -0.39 is 35.1 Å². The second-order valence-electron chi connectivity index (χ2n) is 8.88. The van der Waals surface area contributed by atoms with Crippen molar-refractivity contribution in [1.29, 1.82) is 0 Å². The molecule has 34 heavy (non-hydrogen) atoms.